The number of sulfonamides is 1. The zero-order valence-corrected chi connectivity index (χ0v) is 12.8. The summed E-state index contributed by atoms with van der Waals surface area (Å²) in [6.45, 7) is 3.82. The predicted molar refractivity (Wildman–Crippen MR) is 78.0 cm³/mol. The molecule has 0 saturated carbocycles. The first kappa shape index (κ1) is 15.7. The highest BCUT2D eigenvalue weighted by molar-refractivity contribution is 7.89. The second-order valence-corrected chi connectivity index (χ2v) is 6.67. The Morgan fingerprint density at radius 1 is 1.33 bits per heavy atom. The maximum atomic E-state index is 13.0. The van der Waals surface area contributed by atoms with Gasteiger partial charge in [0.2, 0.25) is 10.0 Å². The van der Waals surface area contributed by atoms with Crippen LogP contribution in [-0.4, -0.2) is 25.2 Å². The molecule has 0 aliphatic rings. The first-order chi connectivity index (χ1) is 9.90. The van der Waals surface area contributed by atoms with Crippen LogP contribution >= 0.6 is 0 Å². The van der Waals surface area contributed by atoms with Crippen LogP contribution in [0.2, 0.25) is 0 Å². The minimum Gasteiger partial charge on any atom is -0.283 e. The van der Waals surface area contributed by atoms with E-state index in [4.69, 9.17) is 0 Å². The van der Waals surface area contributed by atoms with Crippen LogP contribution in [-0.2, 0) is 16.4 Å². The normalized spacial score (nSPS) is 11.8. The van der Waals surface area contributed by atoms with Gasteiger partial charge in [0, 0.05) is 12.2 Å². The number of nitrogens with one attached hydrogen (secondary N) is 2. The quantitative estimate of drug-likeness (QED) is 0.802. The van der Waals surface area contributed by atoms with Gasteiger partial charge >= 0.3 is 0 Å². The lowest BCUT2D eigenvalue weighted by Gasteiger charge is -2.09. The molecule has 114 valence electrons. The molecule has 0 unspecified atom stereocenters. The Morgan fingerprint density at radius 3 is 2.71 bits per heavy atom. The number of rotatable bonds is 6. The average molecular weight is 311 g/mol. The number of benzene rings is 1. The highest BCUT2D eigenvalue weighted by atomic mass is 32.2. The van der Waals surface area contributed by atoms with E-state index in [9.17, 15) is 12.8 Å². The van der Waals surface area contributed by atoms with E-state index < -0.39 is 15.8 Å². The standard InChI is InChI=1S/C14H18FN3O2S/c1-10-8-13(15)5-6-14(10)21(19,20)17-7-3-4-12-9-16-18-11(12)2/h5-6,8-9,17H,3-4,7H2,1-2H3,(H,16,18). The maximum Gasteiger partial charge on any atom is 0.240 e. The van der Waals surface area contributed by atoms with Crippen molar-refractivity contribution in [3.8, 4) is 0 Å². The first-order valence-corrected chi connectivity index (χ1v) is 8.13. The van der Waals surface area contributed by atoms with Gasteiger partial charge in [-0.25, -0.2) is 17.5 Å². The minimum absolute atomic E-state index is 0.114. The molecule has 0 fully saturated rings. The van der Waals surface area contributed by atoms with E-state index in [2.05, 4.69) is 14.9 Å². The summed E-state index contributed by atoms with van der Waals surface area (Å²) < 4.78 is 39.8. The lowest BCUT2D eigenvalue weighted by Crippen LogP contribution is -2.25. The molecule has 0 aliphatic carbocycles. The third-order valence-corrected chi connectivity index (χ3v) is 4.90. The van der Waals surface area contributed by atoms with Crippen LogP contribution < -0.4 is 4.72 Å². The van der Waals surface area contributed by atoms with Gasteiger partial charge in [-0.15, -0.1) is 0 Å². The van der Waals surface area contributed by atoms with Crippen LogP contribution in [0.15, 0.2) is 29.3 Å². The maximum absolute atomic E-state index is 13.0. The number of H-pyrrole nitrogens is 1. The van der Waals surface area contributed by atoms with Crippen LogP contribution in [0.5, 0.6) is 0 Å². The van der Waals surface area contributed by atoms with Gasteiger partial charge in [0.1, 0.15) is 5.82 Å². The molecule has 0 bridgehead atoms. The van der Waals surface area contributed by atoms with Gasteiger partial charge in [-0.3, -0.25) is 5.10 Å². The summed E-state index contributed by atoms with van der Waals surface area (Å²) in [5.74, 6) is -0.443. The van der Waals surface area contributed by atoms with E-state index in [0.717, 1.165) is 23.7 Å². The summed E-state index contributed by atoms with van der Waals surface area (Å²) in [6.07, 6.45) is 3.15. The fourth-order valence-electron chi connectivity index (χ4n) is 2.11. The number of hydrogen-bond acceptors (Lipinski definition) is 3. The Morgan fingerprint density at radius 2 is 2.10 bits per heavy atom. The van der Waals surface area contributed by atoms with Crippen LogP contribution in [0.3, 0.4) is 0 Å². The smallest absolute Gasteiger partial charge is 0.240 e. The number of aryl methyl sites for hydroxylation is 3. The summed E-state index contributed by atoms with van der Waals surface area (Å²) in [7, 11) is -3.60. The molecule has 2 N–H and O–H groups in total. The Bertz CT molecular complexity index is 726. The van der Waals surface area contributed by atoms with Gasteiger partial charge in [0.05, 0.1) is 11.1 Å². The number of aromatic amines is 1. The summed E-state index contributed by atoms with van der Waals surface area (Å²) in [4.78, 5) is 0.114. The SMILES string of the molecule is Cc1cc(F)ccc1S(=O)(=O)NCCCc1cn[nH]c1C. The van der Waals surface area contributed by atoms with Crippen molar-refractivity contribution < 1.29 is 12.8 Å². The molecule has 1 aromatic heterocycles. The van der Waals surface area contributed by atoms with E-state index in [0.29, 0.717) is 18.5 Å². The molecule has 0 saturated heterocycles. The Balaban J connectivity index is 1.94. The molecule has 0 atom stereocenters. The van der Waals surface area contributed by atoms with Crippen molar-refractivity contribution in [2.24, 2.45) is 0 Å². The molecule has 1 heterocycles. The highest BCUT2D eigenvalue weighted by Gasteiger charge is 2.16. The number of nitrogens with zero attached hydrogens (tertiary/aromatic N) is 1. The van der Waals surface area contributed by atoms with Crippen molar-refractivity contribution >= 4 is 10.0 Å². The lowest BCUT2D eigenvalue weighted by atomic mass is 10.1. The molecule has 0 amide bonds. The summed E-state index contributed by atoms with van der Waals surface area (Å²) in [6, 6.07) is 3.65. The Labute approximate surface area is 123 Å². The monoisotopic (exact) mass is 311 g/mol. The van der Waals surface area contributed by atoms with Gasteiger partial charge in [-0.1, -0.05) is 0 Å². The zero-order chi connectivity index (χ0) is 15.5. The molecule has 21 heavy (non-hydrogen) atoms. The van der Waals surface area contributed by atoms with Crippen molar-refractivity contribution in [1.29, 1.82) is 0 Å². The van der Waals surface area contributed by atoms with Gasteiger partial charge in [-0.2, -0.15) is 5.10 Å². The van der Waals surface area contributed by atoms with Crippen LogP contribution in [0.1, 0.15) is 23.2 Å². The summed E-state index contributed by atoms with van der Waals surface area (Å²) in [5, 5.41) is 6.76. The van der Waals surface area contributed by atoms with Crippen molar-refractivity contribution in [3.63, 3.8) is 0 Å². The third kappa shape index (κ3) is 3.89. The van der Waals surface area contributed by atoms with Gasteiger partial charge in [0.15, 0.2) is 0 Å². The van der Waals surface area contributed by atoms with Crippen molar-refractivity contribution in [1.82, 2.24) is 14.9 Å². The highest BCUT2D eigenvalue weighted by Crippen LogP contribution is 2.16. The third-order valence-electron chi connectivity index (χ3n) is 3.28. The van der Waals surface area contributed by atoms with Crippen molar-refractivity contribution in [2.45, 2.75) is 31.6 Å². The zero-order valence-electron chi connectivity index (χ0n) is 12.0. The molecule has 0 spiro atoms. The van der Waals surface area contributed by atoms with Crippen molar-refractivity contribution in [2.75, 3.05) is 6.54 Å². The molecule has 5 nitrogen and oxygen atoms in total. The largest absolute Gasteiger partial charge is 0.283 e. The molecule has 7 heteroatoms. The number of halogens is 1. The van der Waals surface area contributed by atoms with E-state index in [1.165, 1.54) is 12.1 Å². The fraction of sp³-hybridized carbons (Fsp3) is 0.357. The second kappa shape index (κ2) is 6.36. The van der Waals surface area contributed by atoms with E-state index >= 15 is 0 Å². The second-order valence-electron chi connectivity index (χ2n) is 4.93. The summed E-state index contributed by atoms with van der Waals surface area (Å²) in [5.41, 5.74) is 2.47. The average Bonchev–Trinajstić information content (AvgIpc) is 2.80. The van der Waals surface area contributed by atoms with Crippen molar-refractivity contribution in [3.05, 3.63) is 47.0 Å². The predicted octanol–water partition coefficient (Wildman–Crippen LogP) is 2.08. The Hall–Kier alpha value is -1.73. The number of aromatic nitrogens is 2. The summed E-state index contributed by atoms with van der Waals surface area (Å²) >= 11 is 0. The molecule has 1 aromatic carbocycles. The minimum atomic E-state index is -3.60. The van der Waals surface area contributed by atoms with Crippen LogP contribution in [0, 0.1) is 19.7 Å². The Kier molecular flexibility index (Phi) is 4.74. The molecule has 2 aromatic rings. The van der Waals surface area contributed by atoms with Gasteiger partial charge in [-0.05, 0) is 56.0 Å². The fourth-order valence-corrected chi connectivity index (χ4v) is 3.40. The van der Waals surface area contributed by atoms with Crippen LogP contribution in [0.25, 0.3) is 0 Å². The molecular formula is C14H18FN3O2S. The molecule has 0 radical (unpaired) electrons. The lowest BCUT2D eigenvalue weighted by molar-refractivity contribution is 0.577. The van der Waals surface area contributed by atoms with E-state index in [1.807, 2.05) is 6.92 Å². The van der Waals surface area contributed by atoms with E-state index in [1.54, 1.807) is 13.1 Å². The van der Waals surface area contributed by atoms with Gasteiger partial charge < -0.3 is 0 Å². The molecule has 0 aliphatic heterocycles. The number of hydrogen-bond donors (Lipinski definition) is 2. The van der Waals surface area contributed by atoms with E-state index in [-0.39, 0.29) is 4.90 Å². The van der Waals surface area contributed by atoms with Gasteiger partial charge in [0.25, 0.3) is 0 Å². The van der Waals surface area contributed by atoms with Crippen LogP contribution in [0.4, 0.5) is 4.39 Å². The topological polar surface area (TPSA) is 74.8 Å². The molecule has 2 rings (SSSR count). The molecular weight excluding hydrogens is 293 g/mol. The first-order valence-electron chi connectivity index (χ1n) is 6.65.